The third-order valence-electron chi connectivity index (χ3n) is 4.15. The Hall–Kier alpha value is -1.96. The maximum Gasteiger partial charge on any atom is 0.338 e. The third kappa shape index (κ3) is 4.06. The monoisotopic (exact) mass is 397 g/mol. The van der Waals surface area contributed by atoms with Gasteiger partial charge in [0.15, 0.2) is 0 Å². The molecule has 2 aromatic carbocycles. The van der Waals surface area contributed by atoms with Crippen LogP contribution in [0.1, 0.15) is 28.8 Å². The Balaban J connectivity index is 1.74. The maximum atomic E-state index is 13.0. The molecule has 0 amide bonds. The lowest BCUT2D eigenvalue weighted by Gasteiger charge is -2.16. The fourth-order valence-electron chi connectivity index (χ4n) is 2.73. The van der Waals surface area contributed by atoms with Crippen LogP contribution < -0.4 is 0 Å². The van der Waals surface area contributed by atoms with Gasteiger partial charge in [0, 0.05) is 18.7 Å². The second-order valence-electron chi connectivity index (χ2n) is 5.95. The number of esters is 1. The van der Waals surface area contributed by atoms with Gasteiger partial charge in [-0.25, -0.2) is 17.6 Å². The Morgan fingerprint density at radius 1 is 1.15 bits per heavy atom. The van der Waals surface area contributed by atoms with E-state index < -0.39 is 21.8 Å². The summed E-state index contributed by atoms with van der Waals surface area (Å²) in [4.78, 5) is 12.3. The zero-order valence-electron chi connectivity index (χ0n) is 13.8. The minimum absolute atomic E-state index is 0.0636. The van der Waals surface area contributed by atoms with Crippen molar-refractivity contribution in [3.63, 3.8) is 0 Å². The molecule has 0 atom stereocenters. The molecule has 1 heterocycles. The van der Waals surface area contributed by atoms with Crippen LogP contribution in [0.15, 0.2) is 47.4 Å². The van der Waals surface area contributed by atoms with Gasteiger partial charge in [-0.15, -0.1) is 0 Å². The van der Waals surface area contributed by atoms with Crippen LogP contribution in [0, 0.1) is 5.82 Å². The molecule has 0 aliphatic carbocycles. The Kier molecular flexibility index (Phi) is 5.60. The Labute approximate surface area is 156 Å². The van der Waals surface area contributed by atoms with Crippen LogP contribution in [-0.2, 0) is 21.4 Å². The summed E-state index contributed by atoms with van der Waals surface area (Å²) in [7, 11) is -3.61. The molecule has 3 rings (SSSR count). The number of rotatable bonds is 5. The van der Waals surface area contributed by atoms with Crippen LogP contribution in [0.5, 0.6) is 0 Å². The van der Waals surface area contributed by atoms with Crippen molar-refractivity contribution in [2.75, 3.05) is 13.1 Å². The van der Waals surface area contributed by atoms with Gasteiger partial charge in [-0.05, 0) is 43.2 Å². The normalized spacial score (nSPS) is 15.2. The van der Waals surface area contributed by atoms with Gasteiger partial charge in [-0.2, -0.15) is 4.31 Å². The van der Waals surface area contributed by atoms with Crippen molar-refractivity contribution in [3.8, 4) is 0 Å². The summed E-state index contributed by atoms with van der Waals surface area (Å²) in [5, 5.41) is 0.156. The third-order valence-corrected chi connectivity index (χ3v) is 6.39. The first-order chi connectivity index (χ1) is 12.4. The molecule has 138 valence electrons. The van der Waals surface area contributed by atoms with Crippen molar-refractivity contribution in [2.45, 2.75) is 24.3 Å². The Bertz CT molecular complexity index is 927. The molecule has 0 radical (unpaired) electrons. The molecule has 0 unspecified atom stereocenters. The van der Waals surface area contributed by atoms with Crippen molar-refractivity contribution in [2.24, 2.45) is 0 Å². The lowest BCUT2D eigenvalue weighted by Crippen LogP contribution is -2.28. The predicted molar refractivity (Wildman–Crippen MR) is 95.0 cm³/mol. The number of hydrogen-bond acceptors (Lipinski definition) is 4. The maximum absolute atomic E-state index is 13.0. The summed E-state index contributed by atoms with van der Waals surface area (Å²) in [5.74, 6) is -1.16. The lowest BCUT2D eigenvalue weighted by atomic mass is 10.2. The molecule has 0 spiro atoms. The van der Waals surface area contributed by atoms with E-state index in [1.807, 2.05) is 0 Å². The molecule has 0 bridgehead atoms. The summed E-state index contributed by atoms with van der Waals surface area (Å²) in [5.41, 5.74) is 0.589. The highest BCUT2D eigenvalue weighted by molar-refractivity contribution is 7.89. The van der Waals surface area contributed by atoms with E-state index in [2.05, 4.69) is 0 Å². The molecule has 0 saturated carbocycles. The second kappa shape index (κ2) is 7.73. The van der Waals surface area contributed by atoms with Gasteiger partial charge in [0.2, 0.25) is 10.0 Å². The van der Waals surface area contributed by atoms with E-state index in [-0.39, 0.29) is 22.1 Å². The smallest absolute Gasteiger partial charge is 0.338 e. The van der Waals surface area contributed by atoms with Gasteiger partial charge in [0.1, 0.15) is 12.4 Å². The van der Waals surface area contributed by atoms with Gasteiger partial charge >= 0.3 is 5.97 Å². The quantitative estimate of drug-likeness (QED) is 0.723. The molecule has 0 N–H and O–H groups in total. The largest absolute Gasteiger partial charge is 0.457 e. The Morgan fingerprint density at radius 2 is 1.88 bits per heavy atom. The molecule has 8 heteroatoms. The van der Waals surface area contributed by atoms with E-state index in [1.165, 1.54) is 40.7 Å². The average molecular weight is 398 g/mol. The lowest BCUT2D eigenvalue weighted by molar-refractivity contribution is 0.0472. The van der Waals surface area contributed by atoms with Crippen LogP contribution in [-0.4, -0.2) is 31.8 Å². The van der Waals surface area contributed by atoms with Gasteiger partial charge in [0.25, 0.3) is 0 Å². The highest BCUT2D eigenvalue weighted by atomic mass is 35.5. The van der Waals surface area contributed by atoms with Crippen molar-refractivity contribution in [1.29, 1.82) is 0 Å². The van der Waals surface area contributed by atoms with Crippen LogP contribution >= 0.6 is 11.6 Å². The summed E-state index contributed by atoms with van der Waals surface area (Å²) in [6.45, 7) is 0.835. The minimum atomic E-state index is -3.61. The SMILES string of the molecule is O=C(OCc1ccc(F)cc1Cl)c1cccc(S(=O)(=O)N2CCCC2)c1. The zero-order valence-corrected chi connectivity index (χ0v) is 15.4. The number of carbonyl (C=O) groups is 1. The van der Waals surface area contributed by atoms with Crippen molar-refractivity contribution in [3.05, 3.63) is 64.4 Å². The van der Waals surface area contributed by atoms with Crippen molar-refractivity contribution >= 4 is 27.6 Å². The van der Waals surface area contributed by atoms with Gasteiger partial charge in [-0.3, -0.25) is 0 Å². The molecule has 0 aromatic heterocycles. The number of nitrogens with zero attached hydrogens (tertiary/aromatic N) is 1. The van der Waals surface area contributed by atoms with Crippen molar-refractivity contribution < 1.29 is 22.3 Å². The van der Waals surface area contributed by atoms with Gasteiger partial charge in [-0.1, -0.05) is 23.7 Å². The molecular weight excluding hydrogens is 381 g/mol. The molecular formula is C18H17ClFNO4S. The fourth-order valence-corrected chi connectivity index (χ4v) is 4.51. The molecule has 1 fully saturated rings. The number of sulfonamides is 1. The first kappa shape index (κ1) is 18.8. The zero-order chi connectivity index (χ0) is 18.7. The number of ether oxygens (including phenoxy) is 1. The fraction of sp³-hybridized carbons (Fsp3) is 0.278. The summed E-state index contributed by atoms with van der Waals surface area (Å²) < 4.78 is 44.8. The van der Waals surface area contributed by atoms with E-state index in [0.717, 1.165) is 18.9 Å². The first-order valence-electron chi connectivity index (χ1n) is 8.09. The second-order valence-corrected chi connectivity index (χ2v) is 8.30. The van der Waals surface area contributed by atoms with Gasteiger partial charge in [0.05, 0.1) is 15.5 Å². The standard InChI is InChI=1S/C18H17ClFNO4S/c19-17-11-15(20)7-6-14(17)12-25-18(22)13-4-3-5-16(10-13)26(23,24)21-8-1-2-9-21/h3-7,10-11H,1-2,8-9,12H2. The summed E-state index contributed by atoms with van der Waals surface area (Å²) in [6, 6.07) is 9.54. The van der Waals surface area contributed by atoms with Crippen LogP contribution in [0.25, 0.3) is 0 Å². The summed E-state index contributed by atoms with van der Waals surface area (Å²) in [6.07, 6.45) is 1.67. The summed E-state index contributed by atoms with van der Waals surface area (Å²) >= 11 is 5.90. The molecule has 1 aliphatic heterocycles. The highest BCUT2D eigenvalue weighted by Gasteiger charge is 2.27. The highest BCUT2D eigenvalue weighted by Crippen LogP contribution is 2.22. The number of halogens is 2. The van der Waals surface area contributed by atoms with Crippen LogP contribution in [0.3, 0.4) is 0 Å². The molecule has 1 aliphatic rings. The van der Waals surface area contributed by atoms with E-state index in [0.29, 0.717) is 18.7 Å². The molecule has 2 aromatic rings. The van der Waals surface area contributed by atoms with Crippen molar-refractivity contribution in [1.82, 2.24) is 4.31 Å². The molecule has 1 saturated heterocycles. The molecule has 26 heavy (non-hydrogen) atoms. The van der Waals surface area contributed by atoms with Crippen LogP contribution in [0.2, 0.25) is 5.02 Å². The molecule has 5 nitrogen and oxygen atoms in total. The topological polar surface area (TPSA) is 63.7 Å². The van der Waals surface area contributed by atoms with E-state index in [4.69, 9.17) is 16.3 Å². The predicted octanol–water partition coefficient (Wildman–Crippen LogP) is 3.62. The van der Waals surface area contributed by atoms with E-state index >= 15 is 0 Å². The first-order valence-corrected chi connectivity index (χ1v) is 9.91. The van der Waals surface area contributed by atoms with E-state index in [9.17, 15) is 17.6 Å². The van der Waals surface area contributed by atoms with Gasteiger partial charge < -0.3 is 4.74 Å². The Morgan fingerprint density at radius 3 is 2.58 bits per heavy atom. The van der Waals surface area contributed by atoms with E-state index in [1.54, 1.807) is 0 Å². The number of hydrogen-bond donors (Lipinski definition) is 0. The van der Waals surface area contributed by atoms with Crippen LogP contribution in [0.4, 0.5) is 4.39 Å². The minimum Gasteiger partial charge on any atom is -0.457 e. The average Bonchev–Trinajstić information content (AvgIpc) is 3.16. The number of carbonyl (C=O) groups excluding carboxylic acids is 1. The number of benzene rings is 2.